The van der Waals surface area contributed by atoms with Gasteiger partial charge in [-0.2, -0.15) is 0 Å². The molecule has 1 atom stereocenters. The summed E-state index contributed by atoms with van der Waals surface area (Å²) >= 11 is 5.65. The van der Waals surface area contributed by atoms with Gasteiger partial charge in [-0.25, -0.2) is 4.79 Å². The number of nitrogens with one attached hydrogen (secondary N) is 3. The van der Waals surface area contributed by atoms with Gasteiger partial charge in [-0.05, 0) is 23.8 Å². The number of alkyl halides is 1. The first kappa shape index (κ1) is 18.8. The molecule has 0 saturated carbocycles. The summed E-state index contributed by atoms with van der Waals surface area (Å²) in [6.45, 7) is 0.320. The Labute approximate surface area is 161 Å². The Kier molecular flexibility index (Phi) is 6.33. The van der Waals surface area contributed by atoms with Crippen molar-refractivity contribution in [3.8, 4) is 5.75 Å². The van der Waals surface area contributed by atoms with Crippen molar-refractivity contribution in [2.45, 2.75) is 12.5 Å². The third-order valence-corrected chi connectivity index (χ3v) is 4.24. The second kappa shape index (κ2) is 9.09. The number of H-pyrrole nitrogens is 1. The first-order valence-electron chi connectivity index (χ1n) is 8.59. The van der Waals surface area contributed by atoms with Gasteiger partial charge in [-0.15, -0.1) is 11.6 Å². The number of amides is 2. The van der Waals surface area contributed by atoms with E-state index in [1.807, 2.05) is 36.5 Å². The van der Waals surface area contributed by atoms with Crippen molar-refractivity contribution in [1.82, 2.24) is 15.6 Å². The molecule has 1 aromatic heterocycles. The van der Waals surface area contributed by atoms with Crippen LogP contribution in [0.25, 0.3) is 10.9 Å². The third kappa shape index (κ3) is 5.01. The van der Waals surface area contributed by atoms with Crippen LogP contribution in [0.3, 0.4) is 0 Å². The van der Waals surface area contributed by atoms with Gasteiger partial charge in [-0.3, -0.25) is 4.79 Å². The van der Waals surface area contributed by atoms with Crippen LogP contribution in [0.2, 0.25) is 0 Å². The van der Waals surface area contributed by atoms with Crippen molar-refractivity contribution in [2.75, 3.05) is 12.4 Å². The van der Waals surface area contributed by atoms with E-state index >= 15 is 0 Å². The summed E-state index contributed by atoms with van der Waals surface area (Å²) < 4.78 is 5.24. The van der Waals surface area contributed by atoms with Crippen LogP contribution >= 0.6 is 11.6 Å². The van der Waals surface area contributed by atoms with Crippen molar-refractivity contribution in [2.24, 2.45) is 0 Å². The highest BCUT2D eigenvalue weighted by Crippen LogP contribution is 2.19. The predicted octanol–water partition coefficient (Wildman–Crippen LogP) is 3.22. The van der Waals surface area contributed by atoms with E-state index in [1.165, 1.54) is 0 Å². The number of aromatic amines is 1. The van der Waals surface area contributed by atoms with Crippen LogP contribution in [0.5, 0.6) is 5.75 Å². The van der Waals surface area contributed by atoms with Crippen molar-refractivity contribution >= 4 is 34.5 Å². The molecule has 3 aromatic rings. The van der Waals surface area contributed by atoms with Gasteiger partial charge in [0, 0.05) is 35.9 Å². The van der Waals surface area contributed by atoms with Gasteiger partial charge in [0.1, 0.15) is 11.8 Å². The Morgan fingerprint density at radius 2 is 1.81 bits per heavy atom. The Morgan fingerprint density at radius 1 is 1.07 bits per heavy atom. The molecule has 6 nitrogen and oxygen atoms in total. The van der Waals surface area contributed by atoms with Gasteiger partial charge in [0.2, 0.25) is 5.91 Å². The third-order valence-electron chi connectivity index (χ3n) is 4.06. The molecule has 3 N–H and O–H groups in total. The van der Waals surface area contributed by atoms with E-state index in [0.717, 1.165) is 16.5 Å². The van der Waals surface area contributed by atoms with Crippen LogP contribution in [-0.2, 0) is 11.2 Å². The van der Waals surface area contributed by atoms with E-state index in [-0.39, 0.29) is 5.91 Å². The quantitative estimate of drug-likeness (QED) is 0.546. The van der Waals surface area contributed by atoms with E-state index in [4.69, 9.17) is 16.3 Å². The van der Waals surface area contributed by atoms with Crippen LogP contribution in [0.1, 0.15) is 5.56 Å². The molecule has 0 aliphatic heterocycles. The minimum atomic E-state index is -0.788. The lowest BCUT2D eigenvalue weighted by atomic mass is 10.0. The van der Waals surface area contributed by atoms with Crippen LogP contribution in [-0.4, -0.2) is 35.5 Å². The molecule has 0 spiro atoms. The fourth-order valence-electron chi connectivity index (χ4n) is 2.79. The zero-order valence-corrected chi connectivity index (χ0v) is 15.3. The topological polar surface area (TPSA) is 83.2 Å². The number of rotatable bonds is 7. The highest BCUT2D eigenvalue weighted by Gasteiger charge is 2.23. The van der Waals surface area contributed by atoms with Crippen LogP contribution in [0, 0.1) is 0 Å². The molecule has 0 fully saturated rings. The number of carbonyl (C=O) groups is 2. The van der Waals surface area contributed by atoms with Crippen molar-refractivity contribution in [3.05, 3.63) is 66.4 Å². The molecule has 0 radical (unpaired) electrons. The molecular weight excluding hydrogens is 366 g/mol. The summed E-state index contributed by atoms with van der Waals surface area (Å²) in [6.07, 6.45) is 1.48. The van der Waals surface area contributed by atoms with Gasteiger partial charge in [-0.1, -0.05) is 36.4 Å². The fourth-order valence-corrected chi connectivity index (χ4v) is 2.89. The number of halogens is 1. The second-order valence-electron chi connectivity index (χ2n) is 5.94. The van der Waals surface area contributed by atoms with Crippen LogP contribution in [0.15, 0.2) is 60.8 Å². The molecule has 0 aliphatic carbocycles. The van der Waals surface area contributed by atoms with Gasteiger partial charge in [0.25, 0.3) is 0 Å². The maximum Gasteiger partial charge on any atom is 0.413 e. The van der Waals surface area contributed by atoms with Crippen molar-refractivity contribution in [3.63, 3.8) is 0 Å². The number of aromatic nitrogens is 1. The van der Waals surface area contributed by atoms with Gasteiger partial charge in [0.05, 0.1) is 0 Å². The molecule has 0 unspecified atom stereocenters. The first-order valence-corrected chi connectivity index (χ1v) is 9.13. The fraction of sp³-hybridized carbons (Fsp3) is 0.200. The number of ether oxygens (including phenoxy) is 1. The molecule has 7 heteroatoms. The number of hydrogen-bond donors (Lipinski definition) is 3. The largest absolute Gasteiger partial charge is 0.413 e. The molecule has 0 saturated heterocycles. The van der Waals surface area contributed by atoms with Gasteiger partial charge in [0.15, 0.2) is 0 Å². The summed E-state index contributed by atoms with van der Waals surface area (Å²) in [5.41, 5.74) is 1.90. The number of hydrogen-bond acceptors (Lipinski definition) is 3. The number of para-hydroxylation sites is 2. The molecule has 0 bridgehead atoms. The van der Waals surface area contributed by atoms with Crippen LogP contribution in [0.4, 0.5) is 4.79 Å². The average Bonchev–Trinajstić information content (AvgIpc) is 3.09. The molecular formula is C20H20ClN3O3. The Hall–Kier alpha value is -2.99. The van der Waals surface area contributed by atoms with E-state index in [2.05, 4.69) is 15.6 Å². The van der Waals surface area contributed by atoms with Crippen LogP contribution < -0.4 is 15.4 Å². The zero-order chi connectivity index (χ0) is 19.1. The van der Waals surface area contributed by atoms with Crippen molar-refractivity contribution in [1.29, 1.82) is 0 Å². The first-order chi connectivity index (χ1) is 13.2. The van der Waals surface area contributed by atoms with Gasteiger partial charge < -0.3 is 20.4 Å². The molecule has 2 amide bonds. The summed E-state index contributed by atoms with van der Waals surface area (Å²) in [7, 11) is 0. The highest BCUT2D eigenvalue weighted by atomic mass is 35.5. The standard InChI is InChI=1S/C20H20ClN3O3/c21-10-11-22-19(25)18(24-20(26)27-15-6-2-1-3-7-15)12-14-13-23-17-9-5-4-8-16(14)17/h1-9,13,18,23H,10-12H2,(H,22,25)(H,24,26)/t18-/m0/s1. The Balaban J connectivity index is 1.74. The van der Waals surface area contributed by atoms with Gasteiger partial charge >= 0.3 is 6.09 Å². The molecule has 140 valence electrons. The highest BCUT2D eigenvalue weighted by molar-refractivity contribution is 6.18. The molecule has 2 aromatic carbocycles. The summed E-state index contributed by atoms with van der Waals surface area (Å²) in [5, 5.41) is 6.36. The van der Waals surface area contributed by atoms with E-state index in [1.54, 1.807) is 24.3 Å². The van der Waals surface area contributed by atoms with E-state index in [9.17, 15) is 9.59 Å². The molecule has 27 heavy (non-hydrogen) atoms. The normalized spacial score (nSPS) is 11.7. The minimum absolute atomic E-state index is 0.292. The lowest BCUT2D eigenvalue weighted by Gasteiger charge is -2.18. The zero-order valence-electron chi connectivity index (χ0n) is 14.6. The monoisotopic (exact) mass is 385 g/mol. The smallest absolute Gasteiger partial charge is 0.410 e. The molecule has 1 heterocycles. The summed E-state index contributed by atoms with van der Waals surface area (Å²) in [5.74, 6) is 0.382. The predicted molar refractivity (Wildman–Crippen MR) is 105 cm³/mol. The SMILES string of the molecule is O=C(N[C@@H](Cc1c[nH]c2ccccc12)C(=O)NCCCl)Oc1ccccc1. The second-order valence-corrected chi connectivity index (χ2v) is 6.32. The minimum Gasteiger partial charge on any atom is -0.410 e. The lowest BCUT2D eigenvalue weighted by Crippen LogP contribution is -2.49. The van der Waals surface area contributed by atoms with E-state index < -0.39 is 12.1 Å². The Bertz CT molecular complexity index is 911. The molecule has 3 rings (SSSR count). The number of benzene rings is 2. The Morgan fingerprint density at radius 3 is 2.59 bits per heavy atom. The lowest BCUT2D eigenvalue weighted by molar-refractivity contribution is -0.122. The number of carbonyl (C=O) groups excluding carboxylic acids is 2. The van der Waals surface area contributed by atoms with Crippen molar-refractivity contribution < 1.29 is 14.3 Å². The van der Waals surface area contributed by atoms with E-state index in [0.29, 0.717) is 24.6 Å². The number of fused-ring (bicyclic) bond motifs is 1. The molecule has 0 aliphatic rings. The average molecular weight is 386 g/mol. The maximum atomic E-state index is 12.5. The summed E-state index contributed by atoms with van der Waals surface area (Å²) in [4.78, 5) is 27.9. The maximum absolute atomic E-state index is 12.5. The summed E-state index contributed by atoms with van der Waals surface area (Å²) in [6, 6.07) is 15.7.